The molecule has 3 heteroatoms. The van der Waals surface area contributed by atoms with Gasteiger partial charge in [-0.15, -0.1) is 0 Å². The van der Waals surface area contributed by atoms with Crippen LogP contribution in [0, 0.1) is 13.8 Å². The number of imidazole rings is 1. The smallest absolute Gasteiger partial charge is 0.181 e. The first kappa shape index (κ1) is 9.46. The average Bonchev–Trinajstić information content (AvgIpc) is 2.82. The molecule has 82 valence electrons. The van der Waals surface area contributed by atoms with Gasteiger partial charge >= 0.3 is 0 Å². The van der Waals surface area contributed by atoms with Crippen molar-refractivity contribution in [3.8, 4) is 5.75 Å². The van der Waals surface area contributed by atoms with Crippen LogP contribution in [0.4, 0.5) is 0 Å². The number of hydrogen-bond acceptors (Lipinski definition) is 2. The SMILES string of the molecule is Cc1cc(C)c2c(c1)OC(n1ccnc1)C2. The van der Waals surface area contributed by atoms with Gasteiger partial charge in [0.2, 0.25) is 0 Å². The highest BCUT2D eigenvalue weighted by atomic mass is 16.5. The van der Waals surface area contributed by atoms with E-state index >= 15 is 0 Å². The fourth-order valence-electron chi connectivity index (χ4n) is 2.29. The monoisotopic (exact) mass is 214 g/mol. The van der Waals surface area contributed by atoms with Crippen LogP contribution in [0.15, 0.2) is 30.9 Å². The third-order valence-electron chi connectivity index (χ3n) is 3.08. The van der Waals surface area contributed by atoms with Gasteiger partial charge in [0.05, 0.1) is 6.33 Å². The van der Waals surface area contributed by atoms with Crippen molar-refractivity contribution >= 4 is 0 Å². The topological polar surface area (TPSA) is 27.1 Å². The zero-order valence-electron chi connectivity index (χ0n) is 9.47. The van der Waals surface area contributed by atoms with Crippen LogP contribution in [0.5, 0.6) is 5.75 Å². The first-order valence-electron chi connectivity index (χ1n) is 5.48. The van der Waals surface area contributed by atoms with Crippen LogP contribution in [0.25, 0.3) is 0 Å². The molecule has 2 heterocycles. The number of aromatic nitrogens is 2. The predicted molar refractivity (Wildman–Crippen MR) is 61.5 cm³/mol. The van der Waals surface area contributed by atoms with E-state index in [1.807, 2.05) is 10.8 Å². The highest BCUT2D eigenvalue weighted by molar-refractivity contribution is 5.45. The molecule has 0 spiro atoms. The molecule has 1 unspecified atom stereocenters. The van der Waals surface area contributed by atoms with Gasteiger partial charge in [0.1, 0.15) is 5.75 Å². The van der Waals surface area contributed by atoms with Gasteiger partial charge in [-0.25, -0.2) is 4.98 Å². The molecular weight excluding hydrogens is 200 g/mol. The maximum atomic E-state index is 5.94. The normalized spacial score (nSPS) is 18.2. The Hall–Kier alpha value is -1.77. The second-order valence-electron chi connectivity index (χ2n) is 4.35. The summed E-state index contributed by atoms with van der Waals surface area (Å²) in [7, 11) is 0. The maximum Gasteiger partial charge on any atom is 0.181 e. The third kappa shape index (κ3) is 1.40. The summed E-state index contributed by atoms with van der Waals surface area (Å²) in [6, 6.07) is 4.32. The van der Waals surface area contributed by atoms with Crippen LogP contribution >= 0.6 is 0 Å². The predicted octanol–water partition coefficient (Wildman–Crippen LogP) is 2.63. The molecule has 1 aromatic carbocycles. The lowest BCUT2D eigenvalue weighted by atomic mass is 10.0. The number of hydrogen-bond donors (Lipinski definition) is 0. The molecule has 0 amide bonds. The standard InChI is InChI=1S/C13H14N2O/c1-9-5-10(2)11-7-13(16-12(11)6-9)15-4-3-14-8-15/h3-6,8,13H,7H2,1-2H3. The summed E-state index contributed by atoms with van der Waals surface area (Å²) in [6.45, 7) is 4.24. The van der Waals surface area contributed by atoms with Crippen LogP contribution in [-0.2, 0) is 6.42 Å². The van der Waals surface area contributed by atoms with Gasteiger partial charge < -0.3 is 9.30 Å². The van der Waals surface area contributed by atoms with Gasteiger partial charge in [0.15, 0.2) is 6.23 Å². The molecule has 1 aliphatic rings. The quantitative estimate of drug-likeness (QED) is 0.729. The van der Waals surface area contributed by atoms with Crippen molar-refractivity contribution < 1.29 is 4.74 Å². The number of ether oxygens (including phenoxy) is 1. The fourth-order valence-corrected chi connectivity index (χ4v) is 2.29. The van der Waals surface area contributed by atoms with E-state index in [2.05, 4.69) is 31.0 Å². The van der Waals surface area contributed by atoms with Crippen LogP contribution in [0.2, 0.25) is 0 Å². The summed E-state index contributed by atoms with van der Waals surface area (Å²) in [4.78, 5) is 4.05. The molecular formula is C13H14N2O. The molecule has 0 saturated heterocycles. The Balaban J connectivity index is 1.98. The van der Waals surface area contributed by atoms with E-state index in [1.165, 1.54) is 16.7 Å². The Morgan fingerprint density at radius 1 is 1.38 bits per heavy atom. The van der Waals surface area contributed by atoms with Gasteiger partial charge in [0, 0.05) is 24.4 Å². The van der Waals surface area contributed by atoms with Gasteiger partial charge in [-0.1, -0.05) is 6.07 Å². The van der Waals surface area contributed by atoms with Crippen molar-refractivity contribution in [1.82, 2.24) is 9.55 Å². The molecule has 3 rings (SSSR count). The van der Waals surface area contributed by atoms with Gasteiger partial charge in [-0.05, 0) is 31.0 Å². The van der Waals surface area contributed by atoms with E-state index in [0.29, 0.717) is 0 Å². The summed E-state index contributed by atoms with van der Waals surface area (Å²) in [6.07, 6.45) is 6.53. The number of aryl methyl sites for hydroxylation is 2. The molecule has 3 nitrogen and oxygen atoms in total. The molecule has 0 bridgehead atoms. The van der Waals surface area contributed by atoms with Crippen LogP contribution < -0.4 is 4.74 Å². The Kier molecular flexibility index (Phi) is 1.99. The lowest BCUT2D eigenvalue weighted by Gasteiger charge is -2.11. The molecule has 1 aliphatic heterocycles. The molecule has 0 fully saturated rings. The van der Waals surface area contributed by atoms with Gasteiger partial charge in [-0.3, -0.25) is 0 Å². The molecule has 2 aromatic rings. The van der Waals surface area contributed by atoms with Crippen LogP contribution in [0.1, 0.15) is 22.9 Å². The molecule has 1 aromatic heterocycles. The van der Waals surface area contributed by atoms with E-state index in [4.69, 9.17) is 4.74 Å². The second kappa shape index (κ2) is 3.37. The highest BCUT2D eigenvalue weighted by Crippen LogP contribution is 2.36. The lowest BCUT2D eigenvalue weighted by Crippen LogP contribution is -2.10. The number of nitrogens with zero attached hydrogens (tertiary/aromatic N) is 2. The Morgan fingerprint density at radius 2 is 2.25 bits per heavy atom. The first-order valence-corrected chi connectivity index (χ1v) is 5.48. The zero-order valence-corrected chi connectivity index (χ0v) is 9.47. The van der Waals surface area contributed by atoms with Crippen molar-refractivity contribution in [1.29, 1.82) is 0 Å². The largest absolute Gasteiger partial charge is 0.469 e. The Bertz CT molecular complexity index is 517. The number of fused-ring (bicyclic) bond motifs is 1. The summed E-state index contributed by atoms with van der Waals surface area (Å²) >= 11 is 0. The maximum absolute atomic E-state index is 5.94. The van der Waals surface area contributed by atoms with E-state index in [-0.39, 0.29) is 6.23 Å². The van der Waals surface area contributed by atoms with Crippen molar-refractivity contribution in [3.63, 3.8) is 0 Å². The summed E-state index contributed by atoms with van der Waals surface area (Å²) in [5.41, 5.74) is 3.89. The highest BCUT2D eigenvalue weighted by Gasteiger charge is 2.25. The average molecular weight is 214 g/mol. The minimum absolute atomic E-state index is 0.0676. The van der Waals surface area contributed by atoms with E-state index < -0.39 is 0 Å². The van der Waals surface area contributed by atoms with Crippen molar-refractivity contribution in [3.05, 3.63) is 47.5 Å². The Labute approximate surface area is 94.7 Å². The van der Waals surface area contributed by atoms with Gasteiger partial charge in [-0.2, -0.15) is 0 Å². The molecule has 0 N–H and O–H groups in total. The Morgan fingerprint density at radius 3 is 3.00 bits per heavy atom. The number of rotatable bonds is 1. The number of benzene rings is 1. The fraction of sp³-hybridized carbons (Fsp3) is 0.308. The van der Waals surface area contributed by atoms with Crippen LogP contribution in [0.3, 0.4) is 0 Å². The second-order valence-corrected chi connectivity index (χ2v) is 4.35. The molecule has 0 radical (unpaired) electrons. The van der Waals surface area contributed by atoms with E-state index in [1.54, 1.807) is 12.5 Å². The summed E-state index contributed by atoms with van der Waals surface area (Å²) in [5.74, 6) is 1.02. The minimum Gasteiger partial charge on any atom is -0.469 e. The van der Waals surface area contributed by atoms with Crippen molar-refractivity contribution in [2.45, 2.75) is 26.5 Å². The molecule has 0 aliphatic carbocycles. The van der Waals surface area contributed by atoms with Crippen molar-refractivity contribution in [2.75, 3.05) is 0 Å². The summed E-state index contributed by atoms with van der Waals surface area (Å²) < 4.78 is 7.94. The van der Waals surface area contributed by atoms with E-state index in [0.717, 1.165) is 12.2 Å². The van der Waals surface area contributed by atoms with Crippen LogP contribution in [-0.4, -0.2) is 9.55 Å². The zero-order chi connectivity index (χ0) is 11.1. The first-order chi connectivity index (χ1) is 7.74. The van der Waals surface area contributed by atoms with Crippen molar-refractivity contribution in [2.24, 2.45) is 0 Å². The van der Waals surface area contributed by atoms with Gasteiger partial charge in [0.25, 0.3) is 0 Å². The lowest BCUT2D eigenvalue weighted by molar-refractivity contribution is 0.160. The minimum atomic E-state index is 0.0676. The third-order valence-corrected chi connectivity index (χ3v) is 3.08. The molecule has 16 heavy (non-hydrogen) atoms. The molecule has 1 atom stereocenters. The summed E-state index contributed by atoms with van der Waals surface area (Å²) in [5, 5.41) is 0. The molecule has 0 saturated carbocycles. The van der Waals surface area contributed by atoms with E-state index in [9.17, 15) is 0 Å².